The first-order valence-corrected chi connectivity index (χ1v) is 12.9. The lowest BCUT2D eigenvalue weighted by Gasteiger charge is -2.13. The van der Waals surface area contributed by atoms with Crippen molar-refractivity contribution >= 4 is 33.9 Å². The highest BCUT2D eigenvalue weighted by Gasteiger charge is 2.24. The third kappa shape index (κ3) is 4.91. The van der Waals surface area contributed by atoms with E-state index in [1.165, 1.54) is 18.4 Å². The number of nitrogens with two attached hydrogens (primary N) is 1. The van der Waals surface area contributed by atoms with E-state index in [-0.39, 0.29) is 5.91 Å². The first kappa shape index (κ1) is 23.9. The Balaban J connectivity index is 1.50. The Morgan fingerprint density at radius 1 is 1.08 bits per heavy atom. The van der Waals surface area contributed by atoms with Gasteiger partial charge in [0.15, 0.2) is 5.65 Å². The summed E-state index contributed by atoms with van der Waals surface area (Å²) in [5.74, 6) is 0.903. The molecule has 2 aromatic carbocycles. The molecule has 1 aliphatic carbocycles. The van der Waals surface area contributed by atoms with Crippen LogP contribution in [0.3, 0.4) is 0 Å². The Morgan fingerprint density at radius 3 is 2.58 bits per heavy atom. The van der Waals surface area contributed by atoms with Gasteiger partial charge in [-0.1, -0.05) is 37.1 Å². The van der Waals surface area contributed by atoms with Gasteiger partial charge in [-0.25, -0.2) is 9.97 Å². The van der Waals surface area contributed by atoms with Gasteiger partial charge in [-0.05, 0) is 74.9 Å². The molecular formula is C29H33N5O2. The van der Waals surface area contributed by atoms with Crippen molar-refractivity contribution in [3.63, 3.8) is 0 Å². The number of ether oxygens (including phenoxy) is 1. The number of hydrogen-bond acceptors (Lipinski definition) is 5. The number of hydrogen-bond donors (Lipinski definition) is 2. The molecule has 0 aliphatic heterocycles. The number of nitrogens with zero attached hydrogens (tertiary/aromatic N) is 3. The van der Waals surface area contributed by atoms with Crippen molar-refractivity contribution in [3.8, 4) is 11.4 Å². The van der Waals surface area contributed by atoms with Crippen LogP contribution in [-0.4, -0.2) is 33.6 Å². The first-order valence-electron chi connectivity index (χ1n) is 12.9. The summed E-state index contributed by atoms with van der Waals surface area (Å²) >= 11 is 0. The van der Waals surface area contributed by atoms with E-state index in [1.54, 1.807) is 0 Å². The maximum Gasteiger partial charge on any atom is 0.257 e. The Morgan fingerprint density at radius 2 is 1.86 bits per heavy atom. The third-order valence-electron chi connectivity index (χ3n) is 6.70. The van der Waals surface area contributed by atoms with Crippen LogP contribution in [0.5, 0.6) is 5.75 Å². The average molecular weight is 484 g/mol. The van der Waals surface area contributed by atoms with Gasteiger partial charge < -0.3 is 15.8 Å². The number of aromatic nitrogens is 3. The number of amides is 1. The summed E-state index contributed by atoms with van der Waals surface area (Å²) in [5, 5.41) is 3.07. The normalized spacial score (nSPS) is 13.6. The molecule has 0 unspecified atom stereocenters. The second-order valence-corrected chi connectivity index (χ2v) is 9.29. The van der Waals surface area contributed by atoms with E-state index >= 15 is 0 Å². The lowest BCUT2D eigenvalue weighted by Crippen LogP contribution is -2.26. The summed E-state index contributed by atoms with van der Waals surface area (Å²) in [6.07, 6.45) is 9.99. The predicted molar refractivity (Wildman–Crippen MR) is 145 cm³/mol. The molecule has 3 N–H and O–H groups in total. The number of nitrogen functional groups attached to an aromatic ring is 1. The highest BCUT2D eigenvalue weighted by molar-refractivity contribution is 6.11. The maximum atomic E-state index is 13.4. The summed E-state index contributed by atoms with van der Waals surface area (Å²) in [5.41, 5.74) is 11.8. The molecule has 1 amide bonds. The van der Waals surface area contributed by atoms with Crippen LogP contribution in [0.4, 0.5) is 5.82 Å². The quantitative estimate of drug-likeness (QED) is 0.226. The number of fused-ring (bicyclic) bond motifs is 2. The van der Waals surface area contributed by atoms with Gasteiger partial charge in [0.25, 0.3) is 5.91 Å². The number of nitrogens with one attached hydrogen (secondary N) is 1. The molecule has 0 fully saturated rings. The maximum absolute atomic E-state index is 13.4. The van der Waals surface area contributed by atoms with Crippen molar-refractivity contribution in [2.45, 2.75) is 51.9 Å². The number of rotatable bonds is 9. The summed E-state index contributed by atoms with van der Waals surface area (Å²) in [6.45, 7) is 3.39. The summed E-state index contributed by atoms with van der Waals surface area (Å²) in [4.78, 5) is 23.1. The van der Waals surface area contributed by atoms with Gasteiger partial charge in [0, 0.05) is 12.2 Å². The van der Waals surface area contributed by atoms with Gasteiger partial charge in [-0.15, -0.1) is 0 Å². The first-order chi connectivity index (χ1) is 17.7. The number of para-hydroxylation sites is 2. The van der Waals surface area contributed by atoms with Gasteiger partial charge in [-0.3, -0.25) is 9.36 Å². The van der Waals surface area contributed by atoms with Crippen molar-refractivity contribution in [1.29, 1.82) is 0 Å². The fourth-order valence-corrected chi connectivity index (χ4v) is 4.73. The minimum atomic E-state index is -0.225. The van der Waals surface area contributed by atoms with Gasteiger partial charge >= 0.3 is 0 Å². The second-order valence-electron chi connectivity index (χ2n) is 9.29. The van der Waals surface area contributed by atoms with Crippen LogP contribution in [0.1, 0.15) is 62.2 Å². The average Bonchev–Trinajstić information content (AvgIpc) is 3.19. The highest BCUT2D eigenvalue weighted by atomic mass is 16.5. The minimum Gasteiger partial charge on any atom is -0.494 e. The Bertz CT molecular complexity index is 1400. The lowest BCUT2D eigenvalue weighted by molar-refractivity contribution is 0.0956. The molecule has 7 nitrogen and oxygen atoms in total. The fourth-order valence-electron chi connectivity index (χ4n) is 4.73. The van der Waals surface area contributed by atoms with Gasteiger partial charge in [0.05, 0.1) is 17.6 Å². The van der Waals surface area contributed by atoms with E-state index in [0.29, 0.717) is 35.7 Å². The molecule has 2 heterocycles. The molecule has 0 atom stereocenters. The monoisotopic (exact) mass is 483 g/mol. The van der Waals surface area contributed by atoms with E-state index in [9.17, 15) is 4.79 Å². The molecular weight excluding hydrogens is 450 g/mol. The van der Waals surface area contributed by atoms with Crippen LogP contribution in [0.25, 0.3) is 27.9 Å². The summed E-state index contributed by atoms with van der Waals surface area (Å²) < 4.78 is 7.62. The molecule has 1 aliphatic rings. The smallest absolute Gasteiger partial charge is 0.257 e. The zero-order valence-electron chi connectivity index (χ0n) is 20.8. The molecule has 5 rings (SSSR count). The van der Waals surface area contributed by atoms with Crippen LogP contribution in [0.2, 0.25) is 0 Å². The lowest BCUT2D eigenvalue weighted by atomic mass is 9.97. The zero-order chi connectivity index (χ0) is 24.9. The molecule has 0 saturated carbocycles. The molecule has 4 aromatic rings. The largest absolute Gasteiger partial charge is 0.494 e. The van der Waals surface area contributed by atoms with Crippen molar-refractivity contribution < 1.29 is 9.53 Å². The molecule has 36 heavy (non-hydrogen) atoms. The van der Waals surface area contributed by atoms with E-state index in [4.69, 9.17) is 20.4 Å². The van der Waals surface area contributed by atoms with Crippen molar-refractivity contribution in [2.75, 3.05) is 18.9 Å². The van der Waals surface area contributed by atoms with Crippen molar-refractivity contribution in [2.24, 2.45) is 0 Å². The second kappa shape index (κ2) is 10.8. The van der Waals surface area contributed by atoms with E-state index in [1.807, 2.05) is 53.1 Å². The third-order valence-corrected chi connectivity index (χ3v) is 6.70. The van der Waals surface area contributed by atoms with E-state index in [2.05, 4.69) is 18.3 Å². The number of unbranched alkanes of at least 4 members (excludes halogenated alkanes) is 1. The predicted octanol–water partition coefficient (Wildman–Crippen LogP) is 5.96. The number of carbonyl (C=O) groups excluding carboxylic acids is 1. The fraction of sp³-hybridized carbons (Fsp3) is 0.345. The minimum absolute atomic E-state index is 0.225. The zero-order valence-corrected chi connectivity index (χ0v) is 20.8. The Kier molecular flexibility index (Phi) is 7.16. The van der Waals surface area contributed by atoms with Crippen LogP contribution in [0, 0.1) is 0 Å². The van der Waals surface area contributed by atoms with Gasteiger partial charge in [-0.2, -0.15) is 0 Å². The number of benzene rings is 2. The molecule has 0 radical (unpaired) electrons. The standard InChI is InChI=1S/C29H33N5O2/c1-2-3-19-36-22-15-13-21(14-16-22)34-27(30)25(29(35)31-18-17-20-9-5-4-6-10-20)26-28(34)33-24-12-8-7-11-23(24)32-26/h7-9,11-16H,2-6,10,17-19,30H2,1H3,(H,31,35). The number of allylic oxidation sites excluding steroid dienone is 1. The summed E-state index contributed by atoms with van der Waals surface area (Å²) in [7, 11) is 0. The van der Waals surface area contributed by atoms with Crippen molar-refractivity contribution in [3.05, 3.63) is 65.7 Å². The van der Waals surface area contributed by atoms with Crippen LogP contribution >= 0.6 is 0 Å². The Hall–Kier alpha value is -3.87. The van der Waals surface area contributed by atoms with Gasteiger partial charge in [0.2, 0.25) is 0 Å². The SMILES string of the molecule is CCCCOc1ccc(-n2c(N)c(C(=O)NCCC3=CCCCC3)c3nc4ccccc4nc32)cc1. The molecule has 0 spiro atoms. The van der Waals surface area contributed by atoms with Crippen LogP contribution in [0.15, 0.2) is 60.2 Å². The van der Waals surface area contributed by atoms with E-state index in [0.717, 1.165) is 54.6 Å². The van der Waals surface area contributed by atoms with E-state index < -0.39 is 0 Å². The van der Waals surface area contributed by atoms with Gasteiger partial charge in [0.1, 0.15) is 22.6 Å². The molecule has 2 aromatic heterocycles. The van der Waals surface area contributed by atoms with Crippen molar-refractivity contribution in [1.82, 2.24) is 19.9 Å². The Labute approximate surface area is 211 Å². The topological polar surface area (TPSA) is 95.1 Å². The molecule has 186 valence electrons. The molecule has 0 saturated heterocycles. The number of anilines is 1. The molecule has 0 bridgehead atoms. The summed E-state index contributed by atoms with van der Waals surface area (Å²) in [6, 6.07) is 15.4. The number of carbonyl (C=O) groups is 1. The van der Waals surface area contributed by atoms with Crippen LogP contribution < -0.4 is 15.8 Å². The van der Waals surface area contributed by atoms with Crippen LogP contribution in [-0.2, 0) is 0 Å². The molecule has 7 heteroatoms. The highest BCUT2D eigenvalue weighted by Crippen LogP contribution is 2.31.